The van der Waals surface area contributed by atoms with Crippen LogP contribution in [-0.4, -0.2) is 43.7 Å². The molecule has 1 aliphatic rings. The largest absolute Gasteiger partial charge is 0.380 e. The summed E-state index contributed by atoms with van der Waals surface area (Å²) in [4.78, 5) is 14.1. The third-order valence-corrected chi connectivity index (χ3v) is 4.48. The lowest BCUT2D eigenvalue weighted by molar-refractivity contribution is -0.124. The summed E-state index contributed by atoms with van der Waals surface area (Å²) in [7, 11) is 1.73. The Kier molecular flexibility index (Phi) is 4.98. The molecule has 3 unspecified atom stereocenters. The maximum Gasteiger partial charge on any atom is 0.243 e. The van der Waals surface area contributed by atoms with Gasteiger partial charge in [0.2, 0.25) is 5.91 Å². The van der Waals surface area contributed by atoms with E-state index in [0.717, 1.165) is 25.1 Å². The molecule has 2 rings (SSSR count). The van der Waals surface area contributed by atoms with Crippen molar-refractivity contribution in [3.8, 4) is 0 Å². The van der Waals surface area contributed by atoms with Gasteiger partial charge in [0.25, 0.3) is 0 Å². The number of amides is 1. The summed E-state index contributed by atoms with van der Waals surface area (Å²) in [6.45, 7) is 4.28. The van der Waals surface area contributed by atoms with Crippen molar-refractivity contribution in [2.45, 2.75) is 25.0 Å². The van der Waals surface area contributed by atoms with Crippen LogP contribution in [0.5, 0.6) is 0 Å². The Morgan fingerprint density at radius 2 is 2.10 bits per heavy atom. The lowest BCUT2D eigenvalue weighted by Crippen LogP contribution is -2.58. The van der Waals surface area contributed by atoms with E-state index < -0.39 is 11.4 Å². The zero-order valence-electron chi connectivity index (χ0n) is 12.8. The Bertz CT molecular complexity index is 480. The van der Waals surface area contributed by atoms with Crippen LogP contribution in [-0.2, 0) is 15.1 Å². The van der Waals surface area contributed by atoms with Crippen LogP contribution in [0, 0.1) is 5.92 Å². The number of benzene rings is 1. The van der Waals surface area contributed by atoms with Gasteiger partial charge in [-0.2, -0.15) is 0 Å². The summed E-state index contributed by atoms with van der Waals surface area (Å²) in [5, 5.41) is 0. The number of nitrogens with zero attached hydrogens (tertiary/aromatic N) is 1. The Hall–Kier alpha value is -1.43. The van der Waals surface area contributed by atoms with E-state index in [1.54, 1.807) is 7.11 Å². The zero-order chi connectivity index (χ0) is 15.5. The molecule has 0 aromatic heterocycles. The van der Waals surface area contributed by atoms with Crippen molar-refractivity contribution in [1.29, 1.82) is 0 Å². The van der Waals surface area contributed by atoms with Gasteiger partial charge in [-0.1, -0.05) is 37.3 Å². The minimum absolute atomic E-state index is 0.173. The highest BCUT2D eigenvalue weighted by Crippen LogP contribution is 2.24. The van der Waals surface area contributed by atoms with Crippen LogP contribution in [0.25, 0.3) is 0 Å². The van der Waals surface area contributed by atoms with E-state index in [2.05, 4.69) is 11.8 Å². The van der Waals surface area contributed by atoms with Crippen molar-refractivity contribution in [3.05, 3.63) is 35.9 Å². The molecule has 1 amide bonds. The van der Waals surface area contributed by atoms with E-state index in [9.17, 15) is 4.79 Å². The molecule has 0 spiro atoms. The van der Waals surface area contributed by atoms with Crippen LogP contribution in [0.15, 0.2) is 30.3 Å². The maximum absolute atomic E-state index is 12.0. The second kappa shape index (κ2) is 6.56. The quantitative estimate of drug-likeness (QED) is 0.836. The molecular weight excluding hydrogens is 266 g/mol. The average molecular weight is 291 g/mol. The van der Waals surface area contributed by atoms with Gasteiger partial charge >= 0.3 is 0 Å². The fourth-order valence-electron chi connectivity index (χ4n) is 2.95. The van der Waals surface area contributed by atoms with Gasteiger partial charge in [0.1, 0.15) is 5.54 Å². The monoisotopic (exact) mass is 291 g/mol. The SMILES string of the molecule is COC1CN(CC(N)(C(N)=O)c2ccccc2)CCC1C. The topological polar surface area (TPSA) is 81.6 Å². The zero-order valence-corrected chi connectivity index (χ0v) is 12.8. The van der Waals surface area contributed by atoms with Crippen LogP contribution in [0.2, 0.25) is 0 Å². The van der Waals surface area contributed by atoms with Crippen LogP contribution in [0.3, 0.4) is 0 Å². The number of primary amides is 1. The number of rotatable bonds is 5. The minimum Gasteiger partial charge on any atom is -0.380 e. The maximum atomic E-state index is 12.0. The standard InChI is InChI=1S/C16H25N3O2/c1-12-8-9-19(10-14(12)21-2)11-16(18,15(17)20)13-6-4-3-5-7-13/h3-7,12,14H,8-11,18H2,1-2H3,(H2,17,20). The van der Waals surface area contributed by atoms with Gasteiger partial charge in [-0.05, 0) is 24.4 Å². The number of ether oxygens (including phenoxy) is 1. The van der Waals surface area contributed by atoms with Crippen LogP contribution < -0.4 is 11.5 Å². The number of carbonyl (C=O) groups is 1. The fourth-order valence-corrected chi connectivity index (χ4v) is 2.95. The molecule has 0 aliphatic carbocycles. The molecule has 3 atom stereocenters. The summed E-state index contributed by atoms with van der Waals surface area (Å²) in [5.74, 6) is 0.0185. The highest BCUT2D eigenvalue weighted by Gasteiger charge is 2.38. The summed E-state index contributed by atoms with van der Waals surface area (Å²) in [6, 6.07) is 9.34. The lowest BCUT2D eigenvalue weighted by Gasteiger charge is -2.40. The normalized spacial score (nSPS) is 26.2. The first kappa shape index (κ1) is 15.9. The lowest BCUT2D eigenvalue weighted by atomic mass is 9.87. The van der Waals surface area contributed by atoms with Crippen LogP contribution >= 0.6 is 0 Å². The fraction of sp³-hybridized carbons (Fsp3) is 0.562. The molecule has 1 saturated heterocycles. The summed E-state index contributed by atoms with van der Waals surface area (Å²) < 4.78 is 5.52. The molecular formula is C16H25N3O2. The van der Waals surface area contributed by atoms with E-state index >= 15 is 0 Å². The number of piperidine rings is 1. The molecule has 21 heavy (non-hydrogen) atoms. The van der Waals surface area contributed by atoms with Gasteiger partial charge in [-0.25, -0.2) is 0 Å². The number of likely N-dealkylation sites (tertiary alicyclic amines) is 1. The molecule has 1 heterocycles. The molecule has 0 radical (unpaired) electrons. The molecule has 1 fully saturated rings. The van der Waals surface area contributed by atoms with E-state index in [-0.39, 0.29) is 6.10 Å². The highest BCUT2D eigenvalue weighted by atomic mass is 16.5. The summed E-state index contributed by atoms with van der Waals surface area (Å²) in [5.41, 5.74) is 11.5. The van der Waals surface area contributed by atoms with Crippen molar-refractivity contribution in [2.75, 3.05) is 26.7 Å². The predicted octanol–water partition coefficient (Wildman–Crippen LogP) is 0.683. The van der Waals surface area contributed by atoms with E-state index in [4.69, 9.17) is 16.2 Å². The number of carbonyl (C=O) groups excluding carboxylic acids is 1. The van der Waals surface area contributed by atoms with Crippen molar-refractivity contribution in [2.24, 2.45) is 17.4 Å². The molecule has 4 N–H and O–H groups in total. The Labute approximate surface area is 126 Å². The third kappa shape index (κ3) is 3.43. The minimum atomic E-state index is -1.17. The first-order chi connectivity index (χ1) is 9.97. The number of hydrogen-bond donors (Lipinski definition) is 2. The summed E-state index contributed by atoms with van der Waals surface area (Å²) in [6.07, 6.45) is 1.20. The van der Waals surface area contributed by atoms with Crippen molar-refractivity contribution in [3.63, 3.8) is 0 Å². The smallest absolute Gasteiger partial charge is 0.243 e. The first-order valence-corrected chi connectivity index (χ1v) is 7.37. The van der Waals surface area contributed by atoms with Crippen molar-refractivity contribution < 1.29 is 9.53 Å². The Morgan fingerprint density at radius 3 is 2.67 bits per heavy atom. The molecule has 116 valence electrons. The van der Waals surface area contributed by atoms with Gasteiger partial charge in [0.05, 0.1) is 6.10 Å². The van der Waals surface area contributed by atoms with Crippen LogP contribution in [0.1, 0.15) is 18.9 Å². The Balaban J connectivity index is 2.16. The Morgan fingerprint density at radius 1 is 1.43 bits per heavy atom. The molecule has 0 saturated carbocycles. The summed E-state index contributed by atoms with van der Waals surface area (Å²) >= 11 is 0. The van der Waals surface area contributed by atoms with Gasteiger partial charge in [0, 0.05) is 20.2 Å². The first-order valence-electron chi connectivity index (χ1n) is 7.37. The van der Waals surface area contributed by atoms with Crippen molar-refractivity contribution >= 4 is 5.91 Å². The van der Waals surface area contributed by atoms with Gasteiger partial charge in [-0.15, -0.1) is 0 Å². The van der Waals surface area contributed by atoms with Gasteiger partial charge in [-0.3, -0.25) is 9.69 Å². The van der Waals surface area contributed by atoms with Gasteiger partial charge < -0.3 is 16.2 Å². The van der Waals surface area contributed by atoms with Gasteiger partial charge in [0.15, 0.2) is 0 Å². The van der Waals surface area contributed by atoms with E-state index in [0.29, 0.717) is 12.5 Å². The molecule has 1 aliphatic heterocycles. The van der Waals surface area contributed by atoms with E-state index in [1.165, 1.54) is 0 Å². The highest BCUT2D eigenvalue weighted by molar-refractivity contribution is 5.86. The number of nitrogens with two attached hydrogens (primary N) is 2. The molecule has 5 nitrogen and oxygen atoms in total. The predicted molar refractivity (Wildman–Crippen MR) is 82.5 cm³/mol. The second-order valence-corrected chi connectivity index (χ2v) is 5.98. The molecule has 5 heteroatoms. The van der Waals surface area contributed by atoms with Crippen LogP contribution in [0.4, 0.5) is 0 Å². The third-order valence-electron chi connectivity index (χ3n) is 4.48. The second-order valence-electron chi connectivity index (χ2n) is 5.98. The molecule has 1 aromatic carbocycles. The average Bonchev–Trinajstić information content (AvgIpc) is 2.49. The molecule has 0 bridgehead atoms. The van der Waals surface area contributed by atoms with E-state index in [1.807, 2.05) is 30.3 Å². The number of methoxy groups -OCH3 is 1. The van der Waals surface area contributed by atoms with Crippen molar-refractivity contribution in [1.82, 2.24) is 4.90 Å². The molecule has 1 aromatic rings. The number of hydrogen-bond acceptors (Lipinski definition) is 4.